The van der Waals surface area contributed by atoms with Crippen LogP contribution in [-0.4, -0.2) is 29.5 Å². The highest BCUT2D eigenvalue weighted by molar-refractivity contribution is 7.89. The molecule has 0 aliphatic heterocycles. The van der Waals surface area contributed by atoms with E-state index in [1.165, 1.54) is 6.07 Å². The molecular weight excluding hydrogens is 468 g/mol. The lowest BCUT2D eigenvalue weighted by atomic mass is 10.1. The number of hydrogen-bond donors (Lipinski definition) is 2. The van der Waals surface area contributed by atoms with Crippen LogP contribution in [0.3, 0.4) is 0 Å². The monoisotopic (exact) mass is 490 g/mol. The lowest BCUT2D eigenvalue weighted by Gasteiger charge is -2.28. The van der Waals surface area contributed by atoms with Gasteiger partial charge in [-0.1, -0.05) is 30.3 Å². The third-order valence-corrected chi connectivity index (χ3v) is 6.00. The minimum atomic E-state index is -4.35. The number of carboxylic acids is 1. The first-order valence-corrected chi connectivity index (χ1v) is 12.1. The largest absolute Gasteiger partial charge is 0.478 e. The van der Waals surface area contributed by atoms with Crippen molar-refractivity contribution in [3.8, 4) is 11.5 Å². The molecule has 10 heteroatoms. The van der Waals surface area contributed by atoms with Crippen molar-refractivity contribution in [2.24, 2.45) is 5.14 Å². The van der Waals surface area contributed by atoms with Crippen molar-refractivity contribution in [2.75, 3.05) is 4.90 Å². The van der Waals surface area contributed by atoms with Gasteiger partial charge in [0.25, 0.3) is 0 Å². The lowest BCUT2D eigenvalue weighted by molar-refractivity contribution is 0.0696. The quantitative estimate of drug-likeness (QED) is 0.361. The second-order valence-corrected chi connectivity index (χ2v) is 9.20. The van der Waals surface area contributed by atoms with Crippen LogP contribution in [0.25, 0.3) is 0 Å². The zero-order valence-corrected chi connectivity index (χ0v) is 19.3. The van der Waals surface area contributed by atoms with E-state index in [0.29, 0.717) is 5.75 Å². The first-order valence-electron chi connectivity index (χ1n) is 10.5. The summed E-state index contributed by atoms with van der Waals surface area (Å²) in [6.45, 7) is 0.558. The number of aromatic carboxylic acids is 1. The number of sulfonamides is 1. The summed E-state index contributed by atoms with van der Waals surface area (Å²) in [7, 11) is -4.35. The van der Waals surface area contributed by atoms with Crippen LogP contribution in [0.1, 0.15) is 21.5 Å². The molecule has 2 aromatic heterocycles. The van der Waals surface area contributed by atoms with Crippen LogP contribution in [0.5, 0.6) is 11.5 Å². The zero-order valence-electron chi connectivity index (χ0n) is 18.5. The van der Waals surface area contributed by atoms with Crippen LogP contribution in [0, 0.1) is 0 Å². The van der Waals surface area contributed by atoms with Crippen LogP contribution >= 0.6 is 0 Å². The highest BCUT2D eigenvalue weighted by atomic mass is 32.2. The molecule has 0 fully saturated rings. The molecule has 0 radical (unpaired) electrons. The molecule has 0 aliphatic rings. The zero-order chi connectivity index (χ0) is 24.8. The minimum Gasteiger partial charge on any atom is -0.478 e. The van der Waals surface area contributed by atoms with Gasteiger partial charge in [0, 0.05) is 37.9 Å². The highest BCUT2D eigenvalue weighted by Crippen LogP contribution is 2.40. The van der Waals surface area contributed by atoms with Crippen molar-refractivity contribution in [3.63, 3.8) is 0 Å². The number of primary sulfonamides is 1. The van der Waals surface area contributed by atoms with E-state index in [2.05, 4.69) is 9.97 Å². The fraction of sp³-hybridized carbons (Fsp3) is 0.0800. The van der Waals surface area contributed by atoms with Crippen molar-refractivity contribution >= 4 is 21.7 Å². The Bertz CT molecular complexity index is 1380. The molecule has 0 unspecified atom stereocenters. The Hall–Kier alpha value is -4.28. The molecule has 0 atom stereocenters. The normalized spacial score (nSPS) is 11.1. The average molecular weight is 491 g/mol. The van der Waals surface area contributed by atoms with Crippen molar-refractivity contribution < 1.29 is 23.1 Å². The molecule has 0 saturated heterocycles. The second-order valence-electron chi connectivity index (χ2n) is 7.67. The number of ether oxygens (including phenoxy) is 1. The fourth-order valence-electron chi connectivity index (χ4n) is 3.52. The van der Waals surface area contributed by atoms with Gasteiger partial charge in [0.15, 0.2) is 5.75 Å². The molecule has 0 spiro atoms. The van der Waals surface area contributed by atoms with Crippen molar-refractivity contribution in [3.05, 3.63) is 108 Å². The highest BCUT2D eigenvalue weighted by Gasteiger charge is 2.26. The van der Waals surface area contributed by atoms with E-state index in [-0.39, 0.29) is 30.1 Å². The number of aromatic nitrogens is 2. The maximum absolute atomic E-state index is 12.6. The van der Waals surface area contributed by atoms with Crippen LogP contribution in [-0.2, 0) is 23.1 Å². The predicted molar refractivity (Wildman–Crippen MR) is 130 cm³/mol. The molecule has 35 heavy (non-hydrogen) atoms. The Morgan fingerprint density at radius 3 is 2.00 bits per heavy atom. The topological polar surface area (TPSA) is 136 Å². The Labute approximate surface area is 202 Å². The number of carboxylic acid groups (broad SMARTS) is 1. The summed E-state index contributed by atoms with van der Waals surface area (Å²) in [6, 6.07) is 18.3. The maximum Gasteiger partial charge on any atom is 0.335 e. The van der Waals surface area contributed by atoms with E-state index in [1.807, 2.05) is 12.1 Å². The molecule has 0 saturated carbocycles. The number of rotatable bonds is 9. The van der Waals surface area contributed by atoms with Gasteiger partial charge in [-0.2, -0.15) is 0 Å². The number of anilines is 1. The van der Waals surface area contributed by atoms with E-state index in [4.69, 9.17) is 9.88 Å². The Morgan fingerprint density at radius 2 is 1.51 bits per heavy atom. The average Bonchev–Trinajstić information content (AvgIpc) is 2.85. The summed E-state index contributed by atoms with van der Waals surface area (Å²) in [4.78, 5) is 21.6. The van der Waals surface area contributed by atoms with E-state index < -0.39 is 20.9 Å². The predicted octanol–water partition coefficient (Wildman–Crippen LogP) is 3.82. The maximum atomic E-state index is 12.6. The summed E-state index contributed by atoms with van der Waals surface area (Å²) < 4.78 is 31.2. The van der Waals surface area contributed by atoms with E-state index in [1.54, 1.807) is 72.2 Å². The van der Waals surface area contributed by atoms with Gasteiger partial charge < -0.3 is 14.7 Å². The third kappa shape index (κ3) is 5.99. The molecule has 0 amide bonds. The second kappa shape index (κ2) is 10.3. The van der Waals surface area contributed by atoms with E-state index in [0.717, 1.165) is 17.2 Å². The molecule has 2 aromatic carbocycles. The number of nitrogens with zero attached hydrogens (tertiary/aromatic N) is 3. The van der Waals surface area contributed by atoms with Gasteiger partial charge in [0.05, 0.1) is 11.3 Å². The number of nitrogens with two attached hydrogens (primary N) is 1. The molecule has 0 bridgehead atoms. The van der Waals surface area contributed by atoms with E-state index in [9.17, 15) is 18.3 Å². The van der Waals surface area contributed by atoms with Gasteiger partial charge in [-0.25, -0.2) is 18.4 Å². The molecule has 4 rings (SSSR count). The van der Waals surface area contributed by atoms with Gasteiger partial charge >= 0.3 is 5.97 Å². The first-order chi connectivity index (χ1) is 16.8. The molecule has 178 valence electrons. The molecule has 2 heterocycles. The van der Waals surface area contributed by atoms with Gasteiger partial charge in [0.2, 0.25) is 10.0 Å². The van der Waals surface area contributed by atoms with Crippen LogP contribution in [0.4, 0.5) is 5.69 Å². The smallest absolute Gasteiger partial charge is 0.335 e. The summed E-state index contributed by atoms with van der Waals surface area (Å²) in [5.41, 5.74) is 1.64. The molecule has 9 nitrogen and oxygen atoms in total. The minimum absolute atomic E-state index is 0.0727. The number of para-hydroxylation sites is 1. The lowest BCUT2D eigenvalue weighted by Crippen LogP contribution is -2.25. The van der Waals surface area contributed by atoms with Crippen molar-refractivity contribution in [1.82, 2.24) is 9.97 Å². The van der Waals surface area contributed by atoms with Crippen molar-refractivity contribution in [2.45, 2.75) is 18.0 Å². The summed E-state index contributed by atoms with van der Waals surface area (Å²) >= 11 is 0. The molecule has 3 N–H and O–H groups in total. The number of hydrogen-bond acceptors (Lipinski definition) is 7. The molecule has 4 aromatic rings. The van der Waals surface area contributed by atoms with Crippen molar-refractivity contribution in [1.29, 1.82) is 0 Å². The fourth-order valence-corrected chi connectivity index (χ4v) is 4.21. The van der Waals surface area contributed by atoms with Crippen LogP contribution in [0.15, 0.2) is 96.4 Å². The summed E-state index contributed by atoms with van der Waals surface area (Å²) in [6.07, 6.45) is 6.64. The third-order valence-electron chi connectivity index (χ3n) is 5.08. The molecular formula is C25H22N4O5S. The summed E-state index contributed by atoms with van der Waals surface area (Å²) in [5.74, 6) is -1.01. The first kappa shape index (κ1) is 23.9. The Balaban J connectivity index is 1.94. The van der Waals surface area contributed by atoms with Gasteiger partial charge in [0.1, 0.15) is 10.6 Å². The van der Waals surface area contributed by atoms with Crippen LogP contribution < -0.4 is 14.8 Å². The number of pyridine rings is 2. The Kier molecular flexibility index (Phi) is 7.04. The number of carbonyl (C=O) groups is 1. The van der Waals surface area contributed by atoms with Gasteiger partial charge in [-0.3, -0.25) is 9.97 Å². The Morgan fingerprint density at radius 1 is 0.914 bits per heavy atom. The van der Waals surface area contributed by atoms with E-state index >= 15 is 0 Å². The molecule has 0 aliphatic carbocycles. The number of benzene rings is 2. The van der Waals surface area contributed by atoms with Gasteiger partial charge in [-0.05, 0) is 47.5 Å². The summed E-state index contributed by atoms with van der Waals surface area (Å²) in [5, 5.41) is 15.2. The van der Waals surface area contributed by atoms with Gasteiger partial charge in [-0.15, -0.1) is 0 Å². The SMILES string of the molecule is NS(=O)(=O)c1cc(C(=O)O)cc(N(Cc2cccnc2)Cc2cccnc2)c1Oc1ccccc1. The standard InChI is InChI=1S/C25H22N4O5S/c26-35(32,33)23-13-20(25(30)31)12-22(24(23)34-21-8-2-1-3-9-21)29(16-18-6-4-10-27-14-18)17-19-7-5-11-28-15-19/h1-15H,16-17H2,(H,30,31)(H2,26,32,33). The van der Waals surface area contributed by atoms with Crippen LogP contribution in [0.2, 0.25) is 0 Å².